The molecular weight excluding hydrogens is 254 g/mol. The minimum Gasteiger partial charge on any atom is -0.481 e. The first kappa shape index (κ1) is 16.7. The number of hydrogen-bond acceptors (Lipinski definition) is 2. The Morgan fingerprint density at radius 2 is 2.15 bits per heavy atom. The molecule has 0 bridgehead atoms. The molecule has 1 rings (SSSR count). The zero-order valence-corrected chi connectivity index (χ0v) is 12.5. The summed E-state index contributed by atoms with van der Waals surface area (Å²) in [5.74, 6) is -0.247. The van der Waals surface area contributed by atoms with Crippen LogP contribution in [-0.2, 0) is 9.59 Å². The molecule has 4 heteroatoms. The number of carbonyl (C=O) groups is 2. The standard InChI is InChI=1S/C16H27NO3/c1-2-13(8-9-16(19)20)10-11-17-15(18)12-14-6-4-3-5-7-14/h6,13H,2-5,7-12H2,1H3,(H,17,18)(H,19,20). The van der Waals surface area contributed by atoms with E-state index >= 15 is 0 Å². The third kappa shape index (κ3) is 7.31. The lowest BCUT2D eigenvalue weighted by atomic mass is 9.96. The molecule has 1 amide bonds. The summed E-state index contributed by atoms with van der Waals surface area (Å²) in [6, 6.07) is 0. The summed E-state index contributed by atoms with van der Waals surface area (Å²) in [6.07, 6.45) is 10.1. The molecule has 0 aliphatic heterocycles. The fraction of sp³-hybridized carbons (Fsp3) is 0.750. The van der Waals surface area contributed by atoms with Gasteiger partial charge in [-0.25, -0.2) is 0 Å². The maximum Gasteiger partial charge on any atom is 0.303 e. The van der Waals surface area contributed by atoms with E-state index in [0.29, 0.717) is 25.3 Å². The van der Waals surface area contributed by atoms with E-state index < -0.39 is 5.97 Å². The average Bonchev–Trinajstić information content (AvgIpc) is 2.43. The molecule has 0 spiro atoms. The highest BCUT2D eigenvalue weighted by molar-refractivity contribution is 5.78. The van der Waals surface area contributed by atoms with Crippen LogP contribution in [0.4, 0.5) is 0 Å². The van der Waals surface area contributed by atoms with Gasteiger partial charge in [-0.3, -0.25) is 9.59 Å². The molecule has 0 fully saturated rings. The number of carboxylic acid groups (broad SMARTS) is 1. The molecule has 0 radical (unpaired) electrons. The van der Waals surface area contributed by atoms with Crippen molar-refractivity contribution >= 4 is 11.9 Å². The lowest BCUT2D eigenvalue weighted by molar-refractivity contribution is -0.137. The van der Waals surface area contributed by atoms with Crippen molar-refractivity contribution in [3.63, 3.8) is 0 Å². The van der Waals surface area contributed by atoms with E-state index in [1.165, 1.54) is 18.4 Å². The average molecular weight is 281 g/mol. The summed E-state index contributed by atoms with van der Waals surface area (Å²) >= 11 is 0. The number of hydrogen-bond donors (Lipinski definition) is 2. The normalized spacial score (nSPS) is 16.4. The van der Waals surface area contributed by atoms with Crippen molar-refractivity contribution < 1.29 is 14.7 Å². The van der Waals surface area contributed by atoms with E-state index in [2.05, 4.69) is 18.3 Å². The van der Waals surface area contributed by atoms with Gasteiger partial charge >= 0.3 is 5.97 Å². The van der Waals surface area contributed by atoms with Crippen LogP contribution in [0.3, 0.4) is 0 Å². The summed E-state index contributed by atoms with van der Waals surface area (Å²) < 4.78 is 0. The van der Waals surface area contributed by atoms with Gasteiger partial charge in [-0.15, -0.1) is 0 Å². The second-order valence-corrected chi connectivity index (χ2v) is 5.63. The van der Waals surface area contributed by atoms with Crippen molar-refractivity contribution in [2.45, 2.75) is 64.7 Å². The third-order valence-electron chi connectivity index (χ3n) is 3.99. The van der Waals surface area contributed by atoms with Gasteiger partial charge in [0, 0.05) is 19.4 Å². The molecule has 1 atom stereocenters. The van der Waals surface area contributed by atoms with Crippen molar-refractivity contribution in [2.24, 2.45) is 5.92 Å². The fourth-order valence-corrected chi connectivity index (χ4v) is 2.63. The molecule has 1 unspecified atom stereocenters. The SMILES string of the molecule is CCC(CCNC(=O)CC1=CCCCC1)CCC(=O)O. The van der Waals surface area contributed by atoms with Crippen LogP contribution in [0.5, 0.6) is 0 Å². The van der Waals surface area contributed by atoms with Gasteiger partial charge in [0.1, 0.15) is 0 Å². The van der Waals surface area contributed by atoms with E-state index in [0.717, 1.165) is 25.7 Å². The number of aliphatic carboxylic acids is 1. The lowest BCUT2D eigenvalue weighted by Gasteiger charge is -2.15. The highest BCUT2D eigenvalue weighted by Crippen LogP contribution is 2.20. The zero-order chi connectivity index (χ0) is 14.8. The Morgan fingerprint density at radius 1 is 1.35 bits per heavy atom. The number of amides is 1. The molecule has 1 aliphatic rings. The molecule has 20 heavy (non-hydrogen) atoms. The molecule has 4 nitrogen and oxygen atoms in total. The maximum atomic E-state index is 11.8. The van der Waals surface area contributed by atoms with Gasteiger partial charge < -0.3 is 10.4 Å². The van der Waals surface area contributed by atoms with Crippen molar-refractivity contribution in [2.75, 3.05) is 6.54 Å². The Bertz CT molecular complexity index is 350. The van der Waals surface area contributed by atoms with E-state index in [-0.39, 0.29) is 12.3 Å². The molecule has 0 aromatic carbocycles. The van der Waals surface area contributed by atoms with Crippen LogP contribution in [0.25, 0.3) is 0 Å². The Labute approximate surface area is 121 Å². The Hall–Kier alpha value is -1.32. The van der Waals surface area contributed by atoms with Crippen LogP contribution in [0.1, 0.15) is 64.7 Å². The monoisotopic (exact) mass is 281 g/mol. The highest BCUT2D eigenvalue weighted by Gasteiger charge is 2.11. The van der Waals surface area contributed by atoms with Crippen LogP contribution in [0.2, 0.25) is 0 Å². The van der Waals surface area contributed by atoms with Crippen molar-refractivity contribution in [3.05, 3.63) is 11.6 Å². The molecule has 0 saturated carbocycles. The van der Waals surface area contributed by atoms with Crippen LogP contribution in [0, 0.1) is 5.92 Å². The van der Waals surface area contributed by atoms with E-state index in [1.54, 1.807) is 0 Å². The van der Waals surface area contributed by atoms with Crippen molar-refractivity contribution in [1.29, 1.82) is 0 Å². The van der Waals surface area contributed by atoms with Gasteiger partial charge in [0.25, 0.3) is 0 Å². The largest absolute Gasteiger partial charge is 0.481 e. The second kappa shape index (κ2) is 9.56. The Morgan fingerprint density at radius 3 is 2.75 bits per heavy atom. The van der Waals surface area contributed by atoms with Gasteiger partial charge in [-0.2, -0.15) is 0 Å². The predicted molar refractivity (Wildman–Crippen MR) is 79.4 cm³/mol. The van der Waals surface area contributed by atoms with Gasteiger partial charge in [0.05, 0.1) is 0 Å². The maximum absolute atomic E-state index is 11.8. The van der Waals surface area contributed by atoms with Crippen LogP contribution in [0.15, 0.2) is 11.6 Å². The van der Waals surface area contributed by atoms with Crippen LogP contribution >= 0.6 is 0 Å². The molecule has 0 aromatic heterocycles. The second-order valence-electron chi connectivity index (χ2n) is 5.63. The number of carbonyl (C=O) groups excluding carboxylic acids is 1. The van der Waals surface area contributed by atoms with Gasteiger partial charge in [0.15, 0.2) is 0 Å². The molecule has 114 valence electrons. The first-order valence-corrected chi connectivity index (χ1v) is 7.78. The number of rotatable bonds is 9. The number of allylic oxidation sites excluding steroid dienone is 1. The molecule has 0 heterocycles. The predicted octanol–water partition coefficient (Wildman–Crippen LogP) is 3.27. The molecule has 0 saturated heterocycles. The van der Waals surface area contributed by atoms with E-state index in [9.17, 15) is 9.59 Å². The summed E-state index contributed by atoms with van der Waals surface area (Å²) in [5, 5.41) is 11.6. The number of nitrogens with one attached hydrogen (secondary N) is 1. The quantitative estimate of drug-likeness (QED) is 0.637. The van der Waals surface area contributed by atoms with Crippen LogP contribution in [-0.4, -0.2) is 23.5 Å². The Balaban J connectivity index is 2.16. The third-order valence-corrected chi connectivity index (χ3v) is 3.99. The summed E-state index contributed by atoms with van der Waals surface area (Å²) in [4.78, 5) is 22.3. The van der Waals surface area contributed by atoms with Gasteiger partial charge in [0.2, 0.25) is 5.91 Å². The van der Waals surface area contributed by atoms with Crippen LogP contribution < -0.4 is 5.32 Å². The summed E-state index contributed by atoms with van der Waals surface area (Å²) in [6.45, 7) is 2.73. The molecular formula is C16H27NO3. The van der Waals surface area contributed by atoms with Gasteiger partial charge in [-0.05, 0) is 44.4 Å². The molecule has 2 N–H and O–H groups in total. The van der Waals surface area contributed by atoms with E-state index in [1.807, 2.05) is 0 Å². The topological polar surface area (TPSA) is 66.4 Å². The fourth-order valence-electron chi connectivity index (χ4n) is 2.63. The Kier molecular flexibility index (Phi) is 8.00. The first-order chi connectivity index (χ1) is 9.61. The minimum atomic E-state index is -0.739. The highest BCUT2D eigenvalue weighted by atomic mass is 16.4. The zero-order valence-electron chi connectivity index (χ0n) is 12.5. The molecule has 1 aliphatic carbocycles. The summed E-state index contributed by atoms with van der Waals surface area (Å²) in [7, 11) is 0. The van der Waals surface area contributed by atoms with E-state index in [4.69, 9.17) is 5.11 Å². The van der Waals surface area contributed by atoms with Gasteiger partial charge in [-0.1, -0.05) is 25.0 Å². The number of carboxylic acids is 1. The minimum absolute atomic E-state index is 0.103. The smallest absolute Gasteiger partial charge is 0.303 e. The van der Waals surface area contributed by atoms with Crippen molar-refractivity contribution in [1.82, 2.24) is 5.32 Å². The summed E-state index contributed by atoms with van der Waals surface area (Å²) in [5.41, 5.74) is 1.27. The molecule has 0 aromatic rings. The van der Waals surface area contributed by atoms with Crippen molar-refractivity contribution in [3.8, 4) is 0 Å². The first-order valence-electron chi connectivity index (χ1n) is 7.78. The lowest BCUT2D eigenvalue weighted by Crippen LogP contribution is -2.26.